The maximum atomic E-state index is 12.9. The van der Waals surface area contributed by atoms with Crippen LogP contribution in [-0.4, -0.2) is 54.5 Å². The fraction of sp³-hybridized carbons (Fsp3) is 0.273. The topological polar surface area (TPSA) is 114 Å². The van der Waals surface area contributed by atoms with Crippen LogP contribution < -0.4 is 10.6 Å². The Morgan fingerprint density at radius 3 is 2.78 bits per heavy atom. The first kappa shape index (κ1) is 22.9. The highest BCUT2D eigenvalue weighted by Crippen LogP contribution is 2.25. The van der Waals surface area contributed by atoms with Crippen LogP contribution in [0.15, 0.2) is 58.7 Å². The second-order valence-corrected chi connectivity index (χ2v) is 6.91. The number of methoxy groups -OCH3 is 1. The molecule has 0 aliphatic carbocycles. The zero-order valence-electron chi connectivity index (χ0n) is 17.7. The summed E-state index contributed by atoms with van der Waals surface area (Å²) < 4.78 is 23.1. The number of hydrogen-bond acceptors (Lipinski definition) is 6. The van der Waals surface area contributed by atoms with Gasteiger partial charge in [-0.25, -0.2) is 9.78 Å². The lowest BCUT2D eigenvalue weighted by molar-refractivity contribution is -0.125. The molecule has 0 saturated carbocycles. The van der Waals surface area contributed by atoms with Crippen molar-refractivity contribution < 1.29 is 27.9 Å². The summed E-state index contributed by atoms with van der Waals surface area (Å²) in [5, 5.41) is 4.96. The van der Waals surface area contributed by atoms with E-state index in [0.29, 0.717) is 29.7 Å². The lowest BCUT2D eigenvalue weighted by Gasteiger charge is -2.12. The van der Waals surface area contributed by atoms with Crippen molar-refractivity contribution in [2.45, 2.75) is 13.0 Å². The normalized spacial score (nSPS) is 18.3. The number of furan rings is 1. The van der Waals surface area contributed by atoms with Gasteiger partial charge in [0.05, 0.1) is 12.8 Å². The first-order valence-corrected chi connectivity index (χ1v) is 9.84. The van der Waals surface area contributed by atoms with E-state index in [2.05, 4.69) is 22.2 Å². The molecule has 1 saturated heterocycles. The van der Waals surface area contributed by atoms with E-state index in [4.69, 9.17) is 9.15 Å². The fourth-order valence-corrected chi connectivity index (χ4v) is 3.27. The highest BCUT2D eigenvalue weighted by atomic mass is 19.1. The van der Waals surface area contributed by atoms with Crippen molar-refractivity contribution in [2.24, 2.45) is 0 Å². The summed E-state index contributed by atoms with van der Waals surface area (Å²) >= 11 is 0. The Balaban J connectivity index is 0.000000183. The lowest BCUT2D eigenvalue weighted by Crippen LogP contribution is -2.26. The number of fused-ring (bicyclic) bond motifs is 1. The van der Waals surface area contributed by atoms with Crippen molar-refractivity contribution in [3.05, 3.63) is 66.0 Å². The van der Waals surface area contributed by atoms with Crippen molar-refractivity contribution in [3.63, 3.8) is 0 Å². The number of hydrogen-bond donors (Lipinski definition) is 2. The van der Waals surface area contributed by atoms with E-state index >= 15 is 0 Å². The van der Waals surface area contributed by atoms with Crippen LogP contribution in [0.2, 0.25) is 0 Å². The summed E-state index contributed by atoms with van der Waals surface area (Å²) in [4.78, 5) is 39.3. The molecule has 168 valence electrons. The average molecular weight is 442 g/mol. The van der Waals surface area contributed by atoms with E-state index in [1.54, 1.807) is 18.1 Å². The minimum absolute atomic E-state index is 0.0737. The highest BCUT2D eigenvalue weighted by Gasteiger charge is 2.33. The number of amides is 4. The van der Waals surface area contributed by atoms with E-state index in [1.165, 1.54) is 18.3 Å². The van der Waals surface area contributed by atoms with E-state index in [-0.39, 0.29) is 11.7 Å². The van der Waals surface area contributed by atoms with Crippen LogP contribution in [0.4, 0.5) is 9.18 Å². The molecule has 4 amide bonds. The van der Waals surface area contributed by atoms with Crippen LogP contribution in [0.5, 0.6) is 0 Å². The minimum atomic E-state index is -0.877. The Bertz CT molecular complexity index is 1120. The van der Waals surface area contributed by atoms with Gasteiger partial charge >= 0.3 is 6.03 Å². The molecule has 1 atom stereocenters. The molecule has 0 radical (unpaired) electrons. The number of halogens is 1. The van der Waals surface area contributed by atoms with E-state index in [1.807, 2.05) is 19.1 Å². The monoisotopic (exact) mass is 442 g/mol. The highest BCUT2D eigenvalue weighted by molar-refractivity contribution is 6.04. The van der Waals surface area contributed by atoms with Crippen LogP contribution in [0, 0.1) is 5.95 Å². The Morgan fingerprint density at radius 1 is 1.38 bits per heavy atom. The average Bonchev–Trinajstić information content (AvgIpc) is 3.42. The molecule has 9 nitrogen and oxygen atoms in total. The van der Waals surface area contributed by atoms with E-state index in [0.717, 1.165) is 12.1 Å². The second kappa shape index (κ2) is 10.0. The molecule has 0 bridgehead atoms. The third-order valence-electron chi connectivity index (χ3n) is 4.84. The summed E-state index contributed by atoms with van der Waals surface area (Å²) in [7, 11) is 1.64. The first-order valence-electron chi connectivity index (χ1n) is 9.84. The first-order chi connectivity index (χ1) is 15.4. The van der Waals surface area contributed by atoms with Gasteiger partial charge in [0.25, 0.3) is 11.8 Å². The number of nitrogens with one attached hydrogen (secondary N) is 2. The largest absolute Gasteiger partial charge is 0.457 e. The predicted molar refractivity (Wildman–Crippen MR) is 114 cm³/mol. The maximum absolute atomic E-state index is 12.9. The SMILES string of the molecule is C=CC1=C(/C=C\COC)CN(CC)C1=O.O=C1NC(=O)C(c2cc3cc(F)ncc3o2)N1. The van der Waals surface area contributed by atoms with Crippen LogP contribution in [-0.2, 0) is 14.3 Å². The molecular formula is C22H23FN4O5. The molecule has 1 fully saturated rings. The number of nitrogens with zero attached hydrogens (tertiary/aromatic N) is 2. The van der Waals surface area contributed by atoms with E-state index < -0.39 is 23.9 Å². The molecular weight excluding hydrogens is 419 g/mol. The smallest absolute Gasteiger partial charge is 0.322 e. The summed E-state index contributed by atoms with van der Waals surface area (Å²) in [5.74, 6) is -0.812. The molecule has 2 aromatic heterocycles. The van der Waals surface area contributed by atoms with Gasteiger partial charge in [0, 0.05) is 37.2 Å². The Labute approximate surface area is 183 Å². The van der Waals surface area contributed by atoms with Gasteiger partial charge in [-0.2, -0.15) is 4.39 Å². The summed E-state index contributed by atoms with van der Waals surface area (Å²) in [5.41, 5.74) is 2.09. The van der Waals surface area contributed by atoms with Crippen molar-refractivity contribution in [2.75, 3.05) is 26.8 Å². The number of likely N-dealkylation sites (N-methyl/N-ethyl adjacent to an activating group) is 1. The molecule has 4 heterocycles. The Morgan fingerprint density at radius 2 is 2.16 bits per heavy atom. The van der Waals surface area contributed by atoms with Crippen molar-refractivity contribution in [3.8, 4) is 0 Å². The molecule has 4 rings (SSSR count). The molecule has 1 unspecified atom stereocenters. The van der Waals surface area contributed by atoms with Gasteiger partial charge in [-0.1, -0.05) is 24.8 Å². The molecule has 2 aromatic rings. The van der Waals surface area contributed by atoms with Crippen LogP contribution >= 0.6 is 0 Å². The summed E-state index contributed by atoms with van der Waals surface area (Å²) in [6, 6.07) is 1.23. The van der Waals surface area contributed by atoms with Crippen LogP contribution in [0.3, 0.4) is 0 Å². The van der Waals surface area contributed by atoms with Gasteiger partial charge in [0.1, 0.15) is 5.76 Å². The fourth-order valence-electron chi connectivity index (χ4n) is 3.27. The molecule has 2 N–H and O–H groups in total. The maximum Gasteiger partial charge on any atom is 0.322 e. The van der Waals surface area contributed by atoms with Crippen molar-refractivity contribution in [1.29, 1.82) is 0 Å². The predicted octanol–water partition coefficient (Wildman–Crippen LogP) is 2.38. The van der Waals surface area contributed by atoms with Gasteiger partial charge in [0.15, 0.2) is 11.6 Å². The van der Waals surface area contributed by atoms with Gasteiger partial charge < -0.3 is 19.4 Å². The minimum Gasteiger partial charge on any atom is -0.457 e. The van der Waals surface area contributed by atoms with Gasteiger partial charge in [-0.05, 0) is 18.6 Å². The number of ether oxygens (including phenoxy) is 1. The zero-order chi connectivity index (χ0) is 23.3. The quantitative estimate of drug-likeness (QED) is 0.525. The van der Waals surface area contributed by atoms with Crippen LogP contribution in [0.1, 0.15) is 18.7 Å². The number of carbonyl (C=O) groups excluding carboxylic acids is 3. The number of pyridine rings is 1. The van der Waals surface area contributed by atoms with Gasteiger partial charge in [0.2, 0.25) is 5.95 Å². The molecule has 32 heavy (non-hydrogen) atoms. The number of urea groups is 1. The standard InChI is InChI=1S/C12H17NO2.C10H6FN3O3/c1-4-11-10(7-6-8-15-3)9-13(5-2)12(11)14;11-7-2-4-1-5(17-6(4)3-12-7)8-9(15)14-10(16)13-8/h4,6-7H,1,5,8-9H2,2-3H3;1-3,8H,(H2,13,14,15,16)/b7-6-;. The Hall–Kier alpha value is -3.79. The summed E-state index contributed by atoms with van der Waals surface area (Å²) in [6.45, 7) is 7.62. The van der Waals surface area contributed by atoms with Gasteiger partial charge in [-0.15, -0.1) is 0 Å². The number of rotatable bonds is 6. The molecule has 2 aliphatic heterocycles. The number of carbonyl (C=O) groups is 3. The number of imide groups is 1. The second-order valence-electron chi connectivity index (χ2n) is 6.91. The molecule has 10 heteroatoms. The van der Waals surface area contributed by atoms with E-state index in [9.17, 15) is 18.8 Å². The zero-order valence-corrected chi connectivity index (χ0v) is 17.7. The molecule has 2 aliphatic rings. The lowest BCUT2D eigenvalue weighted by atomic mass is 10.1. The summed E-state index contributed by atoms with van der Waals surface area (Å²) in [6.07, 6.45) is 6.70. The molecule has 0 spiro atoms. The van der Waals surface area contributed by atoms with Gasteiger partial charge in [-0.3, -0.25) is 14.9 Å². The van der Waals surface area contributed by atoms with Crippen LogP contribution in [0.25, 0.3) is 11.0 Å². The van der Waals surface area contributed by atoms with Crippen molar-refractivity contribution >= 4 is 28.8 Å². The third-order valence-corrected chi connectivity index (χ3v) is 4.84. The molecule has 0 aromatic carbocycles. The Kier molecular flexibility index (Phi) is 7.16. The van der Waals surface area contributed by atoms with Crippen molar-refractivity contribution in [1.82, 2.24) is 20.5 Å². The number of aromatic nitrogens is 1. The third kappa shape index (κ3) is 4.92.